The molecule has 2 aliphatic heterocycles. The Bertz CT molecular complexity index is 1010. The summed E-state index contributed by atoms with van der Waals surface area (Å²) in [5.41, 5.74) is 13.0. The van der Waals surface area contributed by atoms with Gasteiger partial charge in [0.25, 0.3) is 0 Å². The van der Waals surface area contributed by atoms with Gasteiger partial charge in [0.15, 0.2) is 0 Å². The molecule has 1 aromatic heterocycles. The van der Waals surface area contributed by atoms with Crippen LogP contribution in [0.2, 0.25) is 0 Å². The van der Waals surface area contributed by atoms with E-state index in [4.69, 9.17) is 10.5 Å². The highest BCUT2D eigenvalue weighted by Crippen LogP contribution is 2.47. The molecule has 0 bridgehead atoms. The number of ether oxygens (including phenoxy) is 1. The van der Waals surface area contributed by atoms with Crippen LogP contribution in [0.25, 0.3) is 5.69 Å². The molecule has 150 valence electrons. The average Bonchev–Trinajstić information content (AvgIpc) is 3.34. The number of hydrazine groups is 1. The summed E-state index contributed by atoms with van der Waals surface area (Å²) in [5.74, 6) is 0.586. The first kappa shape index (κ1) is 19.0. The van der Waals surface area contributed by atoms with Gasteiger partial charge in [-0.1, -0.05) is 32.9 Å². The van der Waals surface area contributed by atoms with Crippen LogP contribution in [-0.4, -0.2) is 32.4 Å². The van der Waals surface area contributed by atoms with Crippen molar-refractivity contribution in [1.82, 2.24) is 25.2 Å². The van der Waals surface area contributed by atoms with Gasteiger partial charge in [-0.15, -0.1) is 0 Å². The van der Waals surface area contributed by atoms with Crippen LogP contribution in [0.1, 0.15) is 39.2 Å². The molecule has 0 fully saturated rings. The van der Waals surface area contributed by atoms with Crippen LogP contribution in [0.3, 0.4) is 0 Å². The molecule has 0 saturated heterocycles. The summed E-state index contributed by atoms with van der Waals surface area (Å²) in [6, 6.07) is 10.3. The maximum absolute atomic E-state index is 9.88. The minimum Gasteiger partial charge on any atom is -0.423 e. The maximum Gasteiger partial charge on any atom is 0.214 e. The van der Waals surface area contributed by atoms with E-state index in [0.717, 1.165) is 23.4 Å². The van der Waals surface area contributed by atoms with E-state index in [1.165, 1.54) is 6.33 Å². The normalized spacial score (nSPS) is 21.8. The molecule has 3 heterocycles. The Morgan fingerprint density at radius 3 is 2.55 bits per heavy atom. The molecule has 2 atom stereocenters. The van der Waals surface area contributed by atoms with Gasteiger partial charge in [0, 0.05) is 12.1 Å². The van der Waals surface area contributed by atoms with E-state index >= 15 is 0 Å². The summed E-state index contributed by atoms with van der Waals surface area (Å²) in [7, 11) is 0. The van der Waals surface area contributed by atoms with Crippen LogP contribution in [0.5, 0.6) is 0 Å². The van der Waals surface area contributed by atoms with Crippen molar-refractivity contribution in [3.8, 4) is 11.8 Å². The predicted octanol–water partition coefficient (Wildman–Crippen LogP) is 2.54. The van der Waals surface area contributed by atoms with Crippen LogP contribution in [0.4, 0.5) is 0 Å². The highest BCUT2D eigenvalue weighted by atomic mass is 16.5. The van der Waals surface area contributed by atoms with Gasteiger partial charge in [-0.2, -0.15) is 10.4 Å². The van der Waals surface area contributed by atoms with Gasteiger partial charge in [0.1, 0.15) is 24.3 Å². The van der Waals surface area contributed by atoms with Crippen molar-refractivity contribution in [1.29, 1.82) is 5.26 Å². The second kappa shape index (κ2) is 6.94. The first-order valence-electron chi connectivity index (χ1n) is 9.65. The molecule has 4 rings (SSSR count). The monoisotopic (exact) mass is 391 g/mol. The van der Waals surface area contributed by atoms with E-state index < -0.39 is 0 Å². The lowest BCUT2D eigenvalue weighted by Gasteiger charge is -2.33. The Morgan fingerprint density at radius 2 is 2.00 bits per heavy atom. The predicted molar refractivity (Wildman–Crippen MR) is 108 cm³/mol. The van der Waals surface area contributed by atoms with E-state index in [-0.39, 0.29) is 23.3 Å². The average molecular weight is 391 g/mol. The van der Waals surface area contributed by atoms with Gasteiger partial charge in [-0.25, -0.2) is 15.1 Å². The minimum atomic E-state index is -0.276. The summed E-state index contributed by atoms with van der Waals surface area (Å²) in [5, 5.41) is 16.0. The fourth-order valence-corrected chi connectivity index (χ4v) is 3.95. The highest BCUT2D eigenvalue weighted by molar-refractivity contribution is 5.52. The van der Waals surface area contributed by atoms with E-state index in [9.17, 15) is 5.26 Å². The van der Waals surface area contributed by atoms with Gasteiger partial charge in [-0.05, 0) is 30.0 Å². The van der Waals surface area contributed by atoms with Crippen molar-refractivity contribution in [2.24, 2.45) is 11.1 Å². The molecular formula is C21H25N7O. The van der Waals surface area contributed by atoms with E-state index in [0.29, 0.717) is 11.5 Å². The fourth-order valence-electron chi connectivity index (χ4n) is 3.95. The van der Waals surface area contributed by atoms with Crippen LogP contribution < -0.4 is 11.2 Å². The quantitative estimate of drug-likeness (QED) is 0.828. The van der Waals surface area contributed by atoms with Gasteiger partial charge < -0.3 is 10.5 Å². The number of benzene rings is 1. The summed E-state index contributed by atoms with van der Waals surface area (Å²) >= 11 is 0. The first-order chi connectivity index (χ1) is 13.8. The molecule has 0 radical (unpaired) electrons. The van der Waals surface area contributed by atoms with Crippen LogP contribution in [-0.2, 0) is 4.74 Å². The molecule has 2 aliphatic rings. The zero-order valence-corrected chi connectivity index (χ0v) is 17.0. The molecule has 0 saturated carbocycles. The molecule has 29 heavy (non-hydrogen) atoms. The van der Waals surface area contributed by atoms with Gasteiger partial charge >= 0.3 is 0 Å². The van der Waals surface area contributed by atoms with Crippen LogP contribution in [0.15, 0.2) is 59.8 Å². The number of nitrogens with one attached hydrogen (secondary N) is 1. The number of nitrogens with two attached hydrogens (primary N) is 1. The Hall–Kier alpha value is -3.31. The topological polar surface area (TPSA) is 105 Å². The van der Waals surface area contributed by atoms with Crippen molar-refractivity contribution in [3.63, 3.8) is 0 Å². The molecule has 2 unspecified atom stereocenters. The molecule has 8 heteroatoms. The summed E-state index contributed by atoms with van der Waals surface area (Å²) in [6.07, 6.45) is 3.15. The van der Waals surface area contributed by atoms with Gasteiger partial charge in [0.05, 0.1) is 17.6 Å². The second-order valence-corrected chi connectivity index (χ2v) is 8.29. The number of rotatable bonds is 3. The Labute approximate surface area is 170 Å². The third-order valence-electron chi connectivity index (χ3n) is 5.37. The van der Waals surface area contributed by atoms with Gasteiger partial charge in [0.2, 0.25) is 11.8 Å². The van der Waals surface area contributed by atoms with Crippen molar-refractivity contribution in [2.45, 2.75) is 39.7 Å². The number of allylic oxidation sites excluding steroid dienone is 1. The van der Waals surface area contributed by atoms with Crippen molar-refractivity contribution >= 4 is 0 Å². The molecule has 0 spiro atoms. The Morgan fingerprint density at radius 1 is 1.28 bits per heavy atom. The summed E-state index contributed by atoms with van der Waals surface area (Å²) in [4.78, 5) is 3.99. The molecule has 0 amide bonds. The maximum atomic E-state index is 9.88. The van der Waals surface area contributed by atoms with E-state index in [1.807, 2.05) is 36.2 Å². The second-order valence-electron chi connectivity index (χ2n) is 8.29. The van der Waals surface area contributed by atoms with E-state index in [2.05, 4.69) is 42.3 Å². The van der Waals surface area contributed by atoms with Gasteiger partial charge in [-0.3, -0.25) is 5.01 Å². The Balaban J connectivity index is 1.83. The van der Waals surface area contributed by atoms with E-state index in [1.54, 1.807) is 11.0 Å². The largest absolute Gasteiger partial charge is 0.423 e. The van der Waals surface area contributed by atoms with Crippen molar-refractivity contribution in [3.05, 3.63) is 65.4 Å². The third-order valence-corrected chi connectivity index (χ3v) is 5.37. The lowest BCUT2D eigenvalue weighted by atomic mass is 9.74. The van der Waals surface area contributed by atoms with Crippen molar-refractivity contribution in [2.75, 3.05) is 6.54 Å². The molecule has 3 N–H and O–H groups in total. The molecule has 1 aromatic carbocycles. The number of hydrogen-bond donors (Lipinski definition) is 2. The standard InChI is InChI=1S/C21H25N7O/c1-5-27-20-17(18(26-27)21(2,3)4)16(15(10-22)19(23)29-20)13-6-8-14(9-7-13)28-12-24-11-25-28/h6-9,11-12,16,18,26H,5,23H2,1-4H3. The Kier molecular flexibility index (Phi) is 4.55. The molecule has 0 aliphatic carbocycles. The zero-order chi connectivity index (χ0) is 20.8. The lowest BCUT2D eigenvalue weighted by molar-refractivity contribution is 0.120. The number of nitrogens with zero attached hydrogens (tertiary/aromatic N) is 5. The number of aromatic nitrogens is 3. The zero-order valence-electron chi connectivity index (χ0n) is 17.0. The first-order valence-corrected chi connectivity index (χ1v) is 9.65. The lowest BCUT2D eigenvalue weighted by Crippen LogP contribution is -2.44. The third kappa shape index (κ3) is 3.13. The number of hydrogen-bond acceptors (Lipinski definition) is 7. The van der Waals surface area contributed by atoms with Crippen molar-refractivity contribution < 1.29 is 4.74 Å². The molecule has 8 nitrogen and oxygen atoms in total. The SMILES string of the molecule is CCN1NC(C(C)(C)C)C2=C1OC(N)=C(C#N)C2c1ccc(-n2cncn2)cc1. The molecule has 2 aromatic rings. The minimum absolute atomic E-state index is 0.00823. The van der Waals surface area contributed by atoms with Crippen LogP contribution in [0, 0.1) is 16.7 Å². The highest BCUT2D eigenvalue weighted by Gasteiger charge is 2.47. The number of nitriles is 1. The summed E-state index contributed by atoms with van der Waals surface area (Å²) < 4.78 is 7.63. The molecular weight excluding hydrogens is 366 g/mol. The van der Waals surface area contributed by atoms with Crippen LogP contribution >= 0.6 is 0 Å². The summed E-state index contributed by atoms with van der Waals surface area (Å²) in [6.45, 7) is 9.29. The smallest absolute Gasteiger partial charge is 0.214 e. The fraction of sp³-hybridized carbons (Fsp3) is 0.381.